The first-order valence-electron chi connectivity index (χ1n) is 7.53. The van der Waals surface area contributed by atoms with Gasteiger partial charge in [-0.1, -0.05) is 19.1 Å². The van der Waals surface area contributed by atoms with Crippen LogP contribution in [0, 0.1) is 0 Å². The molecule has 1 fully saturated rings. The summed E-state index contributed by atoms with van der Waals surface area (Å²) >= 11 is 0. The van der Waals surface area contributed by atoms with E-state index >= 15 is 0 Å². The number of hydrogen-bond acceptors (Lipinski definition) is 4. The summed E-state index contributed by atoms with van der Waals surface area (Å²) < 4.78 is 29.2. The molecule has 0 spiro atoms. The van der Waals surface area contributed by atoms with Crippen molar-refractivity contribution >= 4 is 9.84 Å². The maximum Gasteiger partial charge on any atom is 0.150 e. The van der Waals surface area contributed by atoms with Gasteiger partial charge < -0.3 is 9.84 Å². The monoisotopic (exact) mass is 312 g/mol. The zero-order chi connectivity index (χ0) is 15.5. The summed E-state index contributed by atoms with van der Waals surface area (Å²) in [4.78, 5) is 0. The number of aliphatic hydroxyl groups is 1. The van der Waals surface area contributed by atoms with Crippen LogP contribution in [-0.4, -0.2) is 31.1 Å². The Hall–Kier alpha value is -1.07. The quantitative estimate of drug-likeness (QED) is 0.908. The molecule has 118 valence electrons. The maximum absolute atomic E-state index is 11.7. The van der Waals surface area contributed by atoms with Crippen molar-refractivity contribution in [3.05, 3.63) is 29.8 Å². The molecule has 0 saturated heterocycles. The lowest BCUT2D eigenvalue weighted by molar-refractivity contribution is 0.155. The van der Waals surface area contributed by atoms with Crippen LogP contribution in [0.1, 0.15) is 50.7 Å². The van der Waals surface area contributed by atoms with Crippen molar-refractivity contribution < 1.29 is 18.3 Å². The third-order valence-electron chi connectivity index (χ3n) is 4.14. The molecule has 3 atom stereocenters. The Kier molecular flexibility index (Phi) is 5.27. The van der Waals surface area contributed by atoms with Crippen LogP contribution in [-0.2, 0) is 9.84 Å². The van der Waals surface area contributed by atoms with E-state index < -0.39 is 15.9 Å². The molecule has 2 unspecified atom stereocenters. The zero-order valence-corrected chi connectivity index (χ0v) is 13.5. The Balaban J connectivity index is 1.98. The fourth-order valence-corrected chi connectivity index (χ4v) is 3.95. The highest BCUT2D eigenvalue weighted by atomic mass is 32.2. The summed E-state index contributed by atoms with van der Waals surface area (Å²) in [5.74, 6) is 0.737. The van der Waals surface area contributed by atoms with Crippen molar-refractivity contribution in [3.63, 3.8) is 0 Å². The molecule has 1 N–H and O–H groups in total. The second-order valence-electron chi connectivity index (χ2n) is 5.85. The van der Waals surface area contributed by atoms with Gasteiger partial charge in [-0.25, -0.2) is 8.42 Å². The van der Waals surface area contributed by atoms with Gasteiger partial charge in [0.25, 0.3) is 0 Å². The number of benzene rings is 1. The molecule has 1 aromatic rings. The van der Waals surface area contributed by atoms with Gasteiger partial charge in [-0.2, -0.15) is 0 Å². The normalized spacial score (nSPS) is 24.5. The first kappa shape index (κ1) is 16.3. The number of sulfone groups is 1. The molecule has 1 saturated carbocycles. The molecule has 2 rings (SSSR count). The minimum Gasteiger partial charge on any atom is -0.490 e. The molecule has 0 bridgehead atoms. The van der Waals surface area contributed by atoms with E-state index in [1.807, 2.05) is 31.2 Å². The molecule has 0 aliphatic heterocycles. The lowest BCUT2D eigenvalue weighted by Crippen LogP contribution is -2.33. The third-order valence-corrected chi connectivity index (χ3v) is 5.78. The molecular weight excluding hydrogens is 288 g/mol. The molecule has 5 heteroatoms. The van der Waals surface area contributed by atoms with E-state index in [4.69, 9.17) is 4.74 Å². The highest BCUT2D eigenvalue weighted by Gasteiger charge is 2.29. The van der Waals surface area contributed by atoms with Crippen LogP contribution >= 0.6 is 0 Å². The maximum atomic E-state index is 11.7. The Bertz CT molecular complexity index is 550. The van der Waals surface area contributed by atoms with Gasteiger partial charge in [0.2, 0.25) is 0 Å². The highest BCUT2D eigenvalue weighted by Crippen LogP contribution is 2.28. The van der Waals surface area contributed by atoms with Crippen LogP contribution in [0.5, 0.6) is 5.75 Å². The molecule has 21 heavy (non-hydrogen) atoms. The van der Waals surface area contributed by atoms with Gasteiger partial charge in [0, 0.05) is 12.7 Å². The van der Waals surface area contributed by atoms with Crippen molar-refractivity contribution in [1.29, 1.82) is 0 Å². The van der Waals surface area contributed by atoms with Crippen LogP contribution < -0.4 is 4.74 Å². The largest absolute Gasteiger partial charge is 0.490 e. The molecule has 0 heterocycles. The van der Waals surface area contributed by atoms with Crippen molar-refractivity contribution in [2.75, 3.05) is 6.26 Å². The van der Waals surface area contributed by atoms with Crippen LogP contribution in [0.15, 0.2) is 24.3 Å². The molecule has 1 aliphatic rings. The van der Waals surface area contributed by atoms with Gasteiger partial charge in [-0.3, -0.25) is 0 Å². The van der Waals surface area contributed by atoms with E-state index in [1.54, 1.807) is 0 Å². The van der Waals surface area contributed by atoms with Gasteiger partial charge in [0.1, 0.15) is 15.6 Å². The fourth-order valence-electron chi connectivity index (χ4n) is 2.79. The number of ether oxygens (including phenoxy) is 1. The Morgan fingerprint density at radius 3 is 2.52 bits per heavy atom. The minimum atomic E-state index is -2.99. The molecule has 0 radical (unpaired) electrons. The summed E-state index contributed by atoms with van der Waals surface area (Å²) in [5, 5.41) is 9.48. The van der Waals surface area contributed by atoms with Gasteiger partial charge >= 0.3 is 0 Å². The van der Waals surface area contributed by atoms with E-state index in [9.17, 15) is 13.5 Å². The highest BCUT2D eigenvalue weighted by molar-refractivity contribution is 7.91. The number of aliphatic hydroxyl groups excluding tert-OH is 1. The predicted octanol–water partition coefficient (Wildman–Crippen LogP) is 2.86. The van der Waals surface area contributed by atoms with Crippen LogP contribution in [0.3, 0.4) is 0 Å². The van der Waals surface area contributed by atoms with E-state index in [1.165, 1.54) is 6.26 Å². The molecular formula is C16H24O4S. The standard InChI is InChI=1S/C16H24O4S/c1-3-16(17)12-7-9-13(10-8-12)20-14-5-4-6-15(11-14)21(2,18)19/h7-10,14-17H,3-6,11H2,1-2H3/t14?,15?,16-/m0/s1. The fraction of sp³-hybridized carbons (Fsp3) is 0.625. The van der Waals surface area contributed by atoms with Crippen LogP contribution in [0.2, 0.25) is 0 Å². The van der Waals surface area contributed by atoms with Gasteiger partial charge in [-0.15, -0.1) is 0 Å². The molecule has 4 nitrogen and oxygen atoms in total. The van der Waals surface area contributed by atoms with Crippen molar-refractivity contribution in [1.82, 2.24) is 0 Å². The lowest BCUT2D eigenvalue weighted by Gasteiger charge is -2.28. The zero-order valence-electron chi connectivity index (χ0n) is 12.7. The van der Waals surface area contributed by atoms with Crippen LogP contribution in [0.25, 0.3) is 0 Å². The summed E-state index contributed by atoms with van der Waals surface area (Å²) in [5.41, 5.74) is 0.877. The lowest BCUT2D eigenvalue weighted by atomic mass is 9.97. The summed E-state index contributed by atoms with van der Waals surface area (Å²) in [7, 11) is -2.99. The summed E-state index contributed by atoms with van der Waals surface area (Å²) in [6.07, 6.45) is 4.59. The topological polar surface area (TPSA) is 63.6 Å². The number of rotatable bonds is 5. The van der Waals surface area contributed by atoms with Gasteiger partial charge in [-0.05, 0) is 43.4 Å². The van der Waals surface area contributed by atoms with Crippen molar-refractivity contribution in [2.45, 2.75) is 56.5 Å². The van der Waals surface area contributed by atoms with E-state index in [-0.39, 0.29) is 11.4 Å². The number of hydrogen-bond donors (Lipinski definition) is 1. The minimum absolute atomic E-state index is 0.0413. The average Bonchev–Trinajstić information content (AvgIpc) is 2.47. The van der Waals surface area contributed by atoms with E-state index in [0.717, 1.165) is 30.6 Å². The van der Waals surface area contributed by atoms with Crippen LogP contribution in [0.4, 0.5) is 0 Å². The Morgan fingerprint density at radius 1 is 1.29 bits per heavy atom. The average molecular weight is 312 g/mol. The molecule has 1 aliphatic carbocycles. The first-order chi connectivity index (χ1) is 9.90. The summed E-state index contributed by atoms with van der Waals surface area (Å²) in [6.45, 7) is 1.93. The Labute approximate surface area is 127 Å². The van der Waals surface area contributed by atoms with Gasteiger partial charge in [0.05, 0.1) is 17.5 Å². The van der Waals surface area contributed by atoms with E-state index in [2.05, 4.69) is 0 Å². The Morgan fingerprint density at radius 2 is 1.95 bits per heavy atom. The first-order valence-corrected chi connectivity index (χ1v) is 9.49. The predicted molar refractivity (Wildman–Crippen MR) is 83.2 cm³/mol. The summed E-state index contributed by atoms with van der Waals surface area (Å²) in [6, 6.07) is 7.41. The molecule has 0 aromatic heterocycles. The van der Waals surface area contributed by atoms with Gasteiger partial charge in [0.15, 0.2) is 0 Å². The molecule has 1 aromatic carbocycles. The SMILES string of the molecule is CC[C@H](O)c1ccc(OC2CCCC(S(C)(=O)=O)C2)cc1. The third kappa shape index (κ3) is 4.45. The van der Waals surface area contributed by atoms with E-state index in [0.29, 0.717) is 12.8 Å². The second kappa shape index (κ2) is 6.79. The second-order valence-corrected chi connectivity index (χ2v) is 8.18. The smallest absolute Gasteiger partial charge is 0.150 e. The van der Waals surface area contributed by atoms with Crippen molar-refractivity contribution in [2.24, 2.45) is 0 Å². The van der Waals surface area contributed by atoms with Crippen molar-refractivity contribution in [3.8, 4) is 5.75 Å². The molecule has 0 amide bonds.